The smallest absolute Gasteiger partial charge is 0.254 e. The monoisotopic (exact) mass is 503 g/mol. The van der Waals surface area contributed by atoms with Crippen molar-refractivity contribution >= 4 is 22.7 Å². The van der Waals surface area contributed by atoms with Crippen LogP contribution >= 0.6 is 0 Å². The van der Waals surface area contributed by atoms with Gasteiger partial charge >= 0.3 is 0 Å². The summed E-state index contributed by atoms with van der Waals surface area (Å²) in [4.78, 5) is 34.7. The quantitative estimate of drug-likeness (QED) is 0.467. The van der Waals surface area contributed by atoms with Crippen LogP contribution in [0.3, 0.4) is 0 Å². The van der Waals surface area contributed by atoms with Gasteiger partial charge in [-0.25, -0.2) is 0 Å². The molecule has 2 aromatic carbocycles. The Balaban J connectivity index is 1.64. The zero-order valence-corrected chi connectivity index (χ0v) is 22.5. The summed E-state index contributed by atoms with van der Waals surface area (Å²) in [6, 6.07) is 14.2. The predicted octanol–water partition coefficient (Wildman–Crippen LogP) is 5.04. The van der Waals surface area contributed by atoms with E-state index < -0.39 is 5.54 Å². The first-order valence-electron chi connectivity index (χ1n) is 13.3. The molecule has 1 aromatic heterocycles. The molecule has 3 heterocycles. The highest BCUT2D eigenvalue weighted by Gasteiger charge is 2.56. The summed E-state index contributed by atoms with van der Waals surface area (Å²) in [5, 5.41) is 1.08. The van der Waals surface area contributed by atoms with Gasteiger partial charge < -0.3 is 24.3 Å². The second-order valence-corrected chi connectivity index (χ2v) is 10.8. The number of piperazine rings is 1. The molecule has 196 valence electrons. The normalized spacial score (nSPS) is 21.4. The van der Waals surface area contributed by atoms with Gasteiger partial charge in [-0.1, -0.05) is 45.0 Å². The molecule has 0 spiro atoms. The molecule has 2 aliphatic heterocycles. The summed E-state index contributed by atoms with van der Waals surface area (Å²) >= 11 is 0. The maximum atomic E-state index is 14.0. The second kappa shape index (κ2) is 9.77. The Morgan fingerprint density at radius 3 is 2.65 bits per heavy atom. The van der Waals surface area contributed by atoms with Crippen LogP contribution in [0.15, 0.2) is 42.5 Å². The number of nitrogens with zero attached hydrogens (tertiary/aromatic N) is 2. The lowest BCUT2D eigenvalue weighted by molar-refractivity contribution is -0.166. The molecule has 7 heteroatoms. The van der Waals surface area contributed by atoms with E-state index in [1.165, 1.54) is 0 Å². The number of hydrogen-bond donors (Lipinski definition) is 1. The number of carbonyl (C=O) groups is 2. The number of methoxy groups -OCH3 is 1. The van der Waals surface area contributed by atoms with Crippen molar-refractivity contribution < 1.29 is 19.1 Å². The number of amides is 2. The molecule has 5 rings (SSSR count). The molecule has 2 atom stereocenters. The van der Waals surface area contributed by atoms with E-state index in [4.69, 9.17) is 9.47 Å². The highest BCUT2D eigenvalue weighted by atomic mass is 16.5. The Morgan fingerprint density at radius 2 is 1.92 bits per heavy atom. The van der Waals surface area contributed by atoms with E-state index in [2.05, 4.69) is 37.9 Å². The maximum Gasteiger partial charge on any atom is 0.254 e. The minimum Gasteiger partial charge on any atom is -0.493 e. The number of aromatic amines is 1. The van der Waals surface area contributed by atoms with E-state index in [1.807, 2.05) is 37.3 Å². The summed E-state index contributed by atoms with van der Waals surface area (Å²) in [5.41, 5.74) is 2.80. The molecular formula is C30H37N3O4. The summed E-state index contributed by atoms with van der Waals surface area (Å²) in [6.45, 7) is 9.99. The molecule has 7 nitrogen and oxygen atoms in total. The van der Waals surface area contributed by atoms with Gasteiger partial charge in [0.25, 0.3) is 5.91 Å². The van der Waals surface area contributed by atoms with Crippen molar-refractivity contribution in [2.45, 2.75) is 52.0 Å². The average Bonchev–Trinajstić information content (AvgIpc) is 3.29. The van der Waals surface area contributed by atoms with E-state index in [9.17, 15) is 9.59 Å². The van der Waals surface area contributed by atoms with Gasteiger partial charge in [0.2, 0.25) is 5.91 Å². The molecule has 0 aliphatic carbocycles. The van der Waals surface area contributed by atoms with E-state index in [0.717, 1.165) is 40.6 Å². The van der Waals surface area contributed by atoms with Crippen molar-refractivity contribution in [2.75, 3.05) is 33.4 Å². The van der Waals surface area contributed by atoms with Crippen molar-refractivity contribution in [1.29, 1.82) is 0 Å². The van der Waals surface area contributed by atoms with Gasteiger partial charge in [-0.15, -0.1) is 0 Å². The van der Waals surface area contributed by atoms with Crippen molar-refractivity contribution in [2.24, 2.45) is 5.92 Å². The Bertz CT molecular complexity index is 1330. The Kier molecular flexibility index (Phi) is 6.65. The van der Waals surface area contributed by atoms with Crippen LogP contribution in [0.25, 0.3) is 10.9 Å². The number of hydrogen-bond acceptors (Lipinski definition) is 4. The third kappa shape index (κ3) is 4.14. The van der Waals surface area contributed by atoms with Gasteiger partial charge in [-0.3, -0.25) is 9.59 Å². The van der Waals surface area contributed by atoms with Crippen LogP contribution in [-0.2, 0) is 15.1 Å². The molecule has 3 aromatic rings. The minimum absolute atomic E-state index is 0.0140. The first-order chi connectivity index (χ1) is 17.8. The third-order valence-corrected chi connectivity index (χ3v) is 7.85. The van der Waals surface area contributed by atoms with Gasteiger partial charge in [-0.05, 0) is 55.0 Å². The lowest BCUT2D eigenvalue weighted by Gasteiger charge is -2.51. The molecule has 2 aliphatic rings. The standard InChI is InChI=1S/C30H37N3O4/c1-6-15-37-24-12-11-20(16-25(24)36-5)22-17-33-26(34)18-32(14-13-19(2)3)29(35)30(33,4)28-27(22)21-9-7-8-10-23(21)31-28/h7-12,16,19,22,31H,6,13-15,17-18H2,1-5H3. The molecule has 0 saturated carbocycles. The predicted molar refractivity (Wildman–Crippen MR) is 144 cm³/mol. The van der Waals surface area contributed by atoms with E-state index in [1.54, 1.807) is 16.9 Å². The Labute approximate surface area is 218 Å². The number of ether oxygens (including phenoxy) is 2. The summed E-state index contributed by atoms with van der Waals surface area (Å²) in [5.74, 6) is 1.68. The van der Waals surface area contributed by atoms with Crippen molar-refractivity contribution in [1.82, 2.24) is 14.8 Å². The fourth-order valence-electron chi connectivity index (χ4n) is 5.80. The zero-order chi connectivity index (χ0) is 26.3. The van der Waals surface area contributed by atoms with Gasteiger partial charge in [0.05, 0.1) is 26.0 Å². The lowest BCUT2D eigenvalue weighted by atomic mass is 9.76. The topological polar surface area (TPSA) is 74.9 Å². The largest absolute Gasteiger partial charge is 0.493 e. The van der Waals surface area contributed by atoms with Crippen molar-refractivity contribution in [3.8, 4) is 11.5 Å². The van der Waals surface area contributed by atoms with Crippen LogP contribution in [0, 0.1) is 5.92 Å². The number of benzene rings is 2. The number of aromatic nitrogens is 1. The van der Waals surface area contributed by atoms with Crippen molar-refractivity contribution in [3.05, 3.63) is 59.3 Å². The number of H-pyrrole nitrogens is 1. The number of nitrogens with one attached hydrogen (secondary N) is 1. The molecular weight excluding hydrogens is 466 g/mol. The lowest BCUT2D eigenvalue weighted by Crippen LogP contribution is -2.67. The number of para-hydroxylation sites is 1. The van der Waals surface area contributed by atoms with Crippen LogP contribution in [0.5, 0.6) is 11.5 Å². The molecule has 2 unspecified atom stereocenters. The molecule has 1 fully saturated rings. The van der Waals surface area contributed by atoms with Gasteiger partial charge in [0.1, 0.15) is 0 Å². The summed E-state index contributed by atoms with van der Waals surface area (Å²) in [7, 11) is 1.64. The molecule has 0 radical (unpaired) electrons. The van der Waals surface area contributed by atoms with Gasteiger partial charge in [0, 0.05) is 29.9 Å². The number of carbonyl (C=O) groups excluding carboxylic acids is 2. The second-order valence-electron chi connectivity index (χ2n) is 10.8. The van der Waals surface area contributed by atoms with Gasteiger partial charge in [-0.2, -0.15) is 0 Å². The Hall–Kier alpha value is -3.48. The first-order valence-corrected chi connectivity index (χ1v) is 13.3. The van der Waals surface area contributed by atoms with E-state index in [0.29, 0.717) is 37.1 Å². The van der Waals surface area contributed by atoms with Gasteiger partial charge in [0.15, 0.2) is 17.0 Å². The molecule has 2 amide bonds. The average molecular weight is 504 g/mol. The van der Waals surface area contributed by atoms with Crippen LogP contribution in [0.4, 0.5) is 0 Å². The molecule has 1 saturated heterocycles. The fourth-order valence-corrected chi connectivity index (χ4v) is 5.80. The highest BCUT2D eigenvalue weighted by molar-refractivity contribution is 6.01. The minimum atomic E-state index is -1.08. The fraction of sp³-hybridized carbons (Fsp3) is 0.467. The van der Waals surface area contributed by atoms with Crippen molar-refractivity contribution in [3.63, 3.8) is 0 Å². The van der Waals surface area contributed by atoms with Crippen LogP contribution in [0.1, 0.15) is 63.3 Å². The van der Waals surface area contributed by atoms with Crippen LogP contribution in [0.2, 0.25) is 0 Å². The SMILES string of the molecule is CCCOc1ccc(C2CN3C(=O)CN(CCC(C)C)C(=O)C3(C)c3[nH]c4ccccc4c32)cc1OC. The molecule has 1 N–H and O–H groups in total. The molecule has 0 bridgehead atoms. The summed E-state index contributed by atoms with van der Waals surface area (Å²) < 4.78 is 11.6. The Morgan fingerprint density at radius 1 is 1.14 bits per heavy atom. The third-order valence-electron chi connectivity index (χ3n) is 7.85. The number of fused-ring (bicyclic) bond motifs is 5. The molecule has 37 heavy (non-hydrogen) atoms. The van der Waals surface area contributed by atoms with E-state index in [-0.39, 0.29) is 24.3 Å². The number of rotatable bonds is 8. The maximum absolute atomic E-state index is 14.0. The summed E-state index contributed by atoms with van der Waals surface area (Å²) in [6.07, 6.45) is 1.77. The highest BCUT2D eigenvalue weighted by Crippen LogP contribution is 2.49. The van der Waals surface area contributed by atoms with E-state index >= 15 is 0 Å². The zero-order valence-electron chi connectivity index (χ0n) is 22.5. The first kappa shape index (κ1) is 25.2. The van der Waals surface area contributed by atoms with Crippen LogP contribution < -0.4 is 9.47 Å². The van der Waals surface area contributed by atoms with Crippen LogP contribution in [-0.4, -0.2) is 59.9 Å².